The number of allylic oxidation sites excluding steroid dienone is 2. The molecular formula is C31H50O2. The van der Waals surface area contributed by atoms with E-state index in [1.165, 1.54) is 44.9 Å². The minimum absolute atomic E-state index is 0.169. The Balaban J connectivity index is 1.50. The van der Waals surface area contributed by atoms with E-state index in [-0.39, 0.29) is 10.8 Å². The van der Waals surface area contributed by atoms with Gasteiger partial charge in [0.1, 0.15) is 5.78 Å². The normalized spacial score (nSPS) is 50.7. The van der Waals surface area contributed by atoms with Crippen molar-refractivity contribution >= 4 is 5.78 Å². The molecule has 2 heteroatoms. The second-order valence-corrected chi connectivity index (χ2v) is 14.9. The highest BCUT2D eigenvalue weighted by atomic mass is 16.5. The molecule has 0 aromatic heterocycles. The lowest BCUT2D eigenvalue weighted by Gasteiger charge is -2.64. The number of fused-ring (bicyclic) bond motifs is 6. The number of ketones is 1. The Morgan fingerprint density at radius 1 is 0.818 bits per heavy atom. The van der Waals surface area contributed by atoms with Gasteiger partial charge in [0.2, 0.25) is 0 Å². The molecule has 0 saturated heterocycles. The van der Waals surface area contributed by atoms with Crippen molar-refractivity contribution in [3.05, 3.63) is 11.6 Å². The molecule has 5 aliphatic rings. The molecule has 0 radical (unpaired) electrons. The summed E-state index contributed by atoms with van der Waals surface area (Å²) in [6, 6.07) is 0. The SMILES string of the molecule is CO[C@@H]1CC[C@@]2(C)[C@@H](CC[C@@]3(C)CC4=CC[C@H]5C(C)(C)C(=O)CC[C@]5(C)[C@H]4CC[C@@H]32)C1(C)C. The van der Waals surface area contributed by atoms with Crippen LogP contribution in [0.4, 0.5) is 0 Å². The summed E-state index contributed by atoms with van der Waals surface area (Å²) < 4.78 is 6.03. The first-order chi connectivity index (χ1) is 15.3. The van der Waals surface area contributed by atoms with Gasteiger partial charge >= 0.3 is 0 Å². The summed E-state index contributed by atoms with van der Waals surface area (Å²) in [6.07, 6.45) is 15.3. The quantitative estimate of drug-likeness (QED) is 0.375. The molecule has 0 aliphatic heterocycles. The van der Waals surface area contributed by atoms with E-state index in [0.29, 0.717) is 40.0 Å². The Morgan fingerprint density at radius 3 is 2.24 bits per heavy atom. The number of methoxy groups -OCH3 is 1. The maximum atomic E-state index is 12.9. The number of hydrogen-bond donors (Lipinski definition) is 0. The molecule has 0 unspecified atom stereocenters. The maximum Gasteiger partial charge on any atom is 0.138 e. The van der Waals surface area contributed by atoms with Crippen molar-refractivity contribution < 1.29 is 9.53 Å². The van der Waals surface area contributed by atoms with E-state index in [2.05, 4.69) is 54.5 Å². The first kappa shape index (κ1) is 24.1. The highest BCUT2D eigenvalue weighted by Crippen LogP contribution is 2.70. The fraction of sp³-hybridized carbons (Fsp3) is 0.903. The van der Waals surface area contributed by atoms with E-state index in [0.717, 1.165) is 31.1 Å². The Hall–Kier alpha value is -0.630. The van der Waals surface area contributed by atoms with Crippen molar-refractivity contribution in [3.63, 3.8) is 0 Å². The van der Waals surface area contributed by atoms with E-state index in [1.54, 1.807) is 5.57 Å². The van der Waals surface area contributed by atoms with Crippen LogP contribution in [0.25, 0.3) is 0 Å². The number of ether oxygens (including phenoxy) is 1. The van der Waals surface area contributed by atoms with Crippen LogP contribution in [0, 0.1) is 50.7 Å². The Bertz CT molecular complexity index is 851. The topological polar surface area (TPSA) is 26.3 Å². The average Bonchev–Trinajstić information content (AvgIpc) is 2.88. The van der Waals surface area contributed by atoms with Crippen LogP contribution in [-0.4, -0.2) is 19.0 Å². The summed E-state index contributed by atoms with van der Waals surface area (Å²) in [5.74, 6) is 3.24. The van der Waals surface area contributed by atoms with E-state index in [1.807, 2.05) is 7.11 Å². The molecule has 0 heterocycles. The fourth-order valence-corrected chi connectivity index (χ4v) is 11.2. The molecular weight excluding hydrogens is 404 g/mol. The molecule has 5 aliphatic carbocycles. The van der Waals surface area contributed by atoms with Gasteiger partial charge in [-0.25, -0.2) is 0 Å². The van der Waals surface area contributed by atoms with Gasteiger partial charge in [-0.1, -0.05) is 60.1 Å². The number of hydrogen-bond acceptors (Lipinski definition) is 2. The predicted octanol–water partition coefficient (Wildman–Crippen LogP) is 8.00. The smallest absolute Gasteiger partial charge is 0.138 e. The highest BCUT2D eigenvalue weighted by Gasteiger charge is 2.63. The van der Waals surface area contributed by atoms with Crippen molar-refractivity contribution in [2.75, 3.05) is 7.11 Å². The van der Waals surface area contributed by atoms with Gasteiger partial charge in [0.05, 0.1) is 6.10 Å². The largest absolute Gasteiger partial charge is 0.381 e. The predicted molar refractivity (Wildman–Crippen MR) is 136 cm³/mol. The first-order valence-electron chi connectivity index (χ1n) is 14.1. The number of carbonyl (C=O) groups excluding carboxylic acids is 1. The molecule has 2 nitrogen and oxygen atoms in total. The van der Waals surface area contributed by atoms with Crippen molar-refractivity contribution in [3.8, 4) is 0 Å². The molecule has 0 N–H and O–H groups in total. The number of rotatable bonds is 1. The molecule has 0 amide bonds. The summed E-state index contributed by atoms with van der Waals surface area (Å²) in [4.78, 5) is 12.9. The summed E-state index contributed by atoms with van der Waals surface area (Å²) in [7, 11) is 1.93. The second kappa shape index (κ2) is 7.44. The zero-order valence-electron chi connectivity index (χ0n) is 22.9. The van der Waals surface area contributed by atoms with Crippen LogP contribution >= 0.6 is 0 Å². The minimum atomic E-state index is -0.169. The third kappa shape index (κ3) is 3.17. The van der Waals surface area contributed by atoms with Crippen LogP contribution in [0.5, 0.6) is 0 Å². The Morgan fingerprint density at radius 2 is 1.55 bits per heavy atom. The molecule has 5 rings (SSSR count). The van der Waals surface area contributed by atoms with Gasteiger partial charge in [-0.15, -0.1) is 0 Å². The highest BCUT2D eigenvalue weighted by molar-refractivity contribution is 5.85. The second-order valence-electron chi connectivity index (χ2n) is 14.9. The molecule has 4 saturated carbocycles. The molecule has 186 valence electrons. The third-order valence-electron chi connectivity index (χ3n) is 12.9. The molecule has 0 aromatic carbocycles. The van der Waals surface area contributed by atoms with Crippen molar-refractivity contribution in [2.45, 2.75) is 119 Å². The van der Waals surface area contributed by atoms with E-state index < -0.39 is 0 Å². The van der Waals surface area contributed by atoms with Crippen LogP contribution in [0.2, 0.25) is 0 Å². The van der Waals surface area contributed by atoms with Gasteiger partial charge in [0.25, 0.3) is 0 Å². The standard InChI is InChI=1S/C31H50O2/c1-27(2)22-11-9-20-19-29(5)16-13-23-28(3,4)26(33-8)15-18-31(23,7)24(29)12-10-21(20)30(22,6)17-14-25(27)32/h9,21-24,26H,10-19H2,1-8H3/t21-,22-,23-,24-,26+,29-,30+,31-/m0/s1. The van der Waals surface area contributed by atoms with Crippen LogP contribution in [0.3, 0.4) is 0 Å². The zero-order chi connectivity index (χ0) is 24.0. The molecule has 0 bridgehead atoms. The molecule has 8 atom stereocenters. The van der Waals surface area contributed by atoms with Crippen molar-refractivity contribution in [1.29, 1.82) is 0 Å². The van der Waals surface area contributed by atoms with Crippen LogP contribution in [-0.2, 0) is 9.53 Å². The maximum absolute atomic E-state index is 12.9. The number of carbonyl (C=O) groups is 1. The van der Waals surface area contributed by atoms with Gasteiger partial charge in [-0.3, -0.25) is 4.79 Å². The summed E-state index contributed by atoms with van der Waals surface area (Å²) in [5, 5.41) is 0. The molecule has 33 heavy (non-hydrogen) atoms. The third-order valence-corrected chi connectivity index (χ3v) is 12.9. The monoisotopic (exact) mass is 454 g/mol. The Kier molecular flexibility index (Phi) is 5.43. The summed E-state index contributed by atoms with van der Waals surface area (Å²) in [5.41, 5.74) is 2.99. The van der Waals surface area contributed by atoms with Gasteiger partial charge in [0, 0.05) is 18.9 Å². The minimum Gasteiger partial charge on any atom is -0.381 e. The first-order valence-corrected chi connectivity index (χ1v) is 14.1. The molecule has 4 fully saturated rings. The van der Waals surface area contributed by atoms with Crippen molar-refractivity contribution in [1.82, 2.24) is 0 Å². The molecule has 0 spiro atoms. The van der Waals surface area contributed by atoms with Gasteiger partial charge < -0.3 is 4.74 Å². The fourth-order valence-electron chi connectivity index (χ4n) is 11.2. The lowest BCUT2D eigenvalue weighted by atomic mass is 9.42. The van der Waals surface area contributed by atoms with Crippen LogP contribution in [0.1, 0.15) is 113 Å². The Labute approximate surface area is 203 Å². The van der Waals surface area contributed by atoms with Crippen LogP contribution < -0.4 is 0 Å². The van der Waals surface area contributed by atoms with Crippen molar-refractivity contribution in [2.24, 2.45) is 50.7 Å². The van der Waals surface area contributed by atoms with Gasteiger partial charge in [-0.05, 0) is 103 Å². The van der Waals surface area contributed by atoms with Gasteiger partial charge in [0.15, 0.2) is 0 Å². The summed E-state index contributed by atoms with van der Waals surface area (Å²) in [6.45, 7) is 17.4. The van der Waals surface area contributed by atoms with E-state index >= 15 is 0 Å². The number of Topliss-reactive ketones (excluding diaryl/α,β-unsaturated/α-hetero) is 1. The zero-order valence-corrected chi connectivity index (χ0v) is 22.9. The summed E-state index contributed by atoms with van der Waals surface area (Å²) >= 11 is 0. The molecule has 0 aromatic rings. The lowest BCUT2D eigenvalue weighted by Crippen LogP contribution is -2.58. The van der Waals surface area contributed by atoms with E-state index in [9.17, 15) is 4.79 Å². The lowest BCUT2D eigenvalue weighted by molar-refractivity contribution is -0.177. The average molecular weight is 455 g/mol. The van der Waals surface area contributed by atoms with Crippen LogP contribution in [0.15, 0.2) is 11.6 Å². The van der Waals surface area contributed by atoms with Gasteiger partial charge in [-0.2, -0.15) is 0 Å². The van der Waals surface area contributed by atoms with E-state index in [4.69, 9.17) is 4.74 Å².